The van der Waals surface area contributed by atoms with Crippen LogP contribution in [0.1, 0.15) is 11.1 Å². The first-order chi connectivity index (χ1) is 12.8. The van der Waals surface area contributed by atoms with Crippen LogP contribution in [0.5, 0.6) is 0 Å². The number of nitriles is 1. The Balaban J connectivity index is 2.05. The minimum atomic E-state index is -4.41. The van der Waals surface area contributed by atoms with Crippen molar-refractivity contribution >= 4 is 27.4 Å². The van der Waals surface area contributed by atoms with Crippen molar-refractivity contribution in [1.82, 2.24) is 4.98 Å². The van der Waals surface area contributed by atoms with Gasteiger partial charge in [-0.25, -0.2) is 4.98 Å². The number of hydrogen-bond acceptors (Lipinski definition) is 6. The molecule has 4 N–H and O–H groups in total. The van der Waals surface area contributed by atoms with Crippen LogP contribution < -0.4 is 11.1 Å². The summed E-state index contributed by atoms with van der Waals surface area (Å²) in [6.07, 6.45) is 0. The molecule has 0 bridgehead atoms. The Bertz CT molecular complexity index is 1170. The van der Waals surface area contributed by atoms with E-state index in [0.29, 0.717) is 11.3 Å². The lowest BCUT2D eigenvalue weighted by molar-refractivity contribution is 0.483. The molecule has 136 valence electrons. The summed E-state index contributed by atoms with van der Waals surface area (Å²) in [5, 5.41) is 12.1. The molecule has 0 saturated carbocycles. The molecule has 2 aromatic carbocycles. The highest BCUT2D eigenvalue weighted by Crippen LogP contribution is 2.31. The number of nitrogens with one attached hydrogen (secondary N) is 1. The Morgan fingerprint density at radius 3 is 2.56 bits per heavy atom. The van der Waals surface area contributed by atoms with E-state index in [1.807, 2.05) is 37.3 Å². The maximum Gasteiger partial charge on any atom is 0.294 e. The molecule has 3 aromatic rings. The summed E-state index contributed by atoms with van der Waals surface area (Å²) in [5.74, 6) is 0.139. The van der Waals surface area contributed by atoms with Crippen LogP contribution in [0, 0.1) is 18.3 Å². The van der Waals surface area contributed by atoms with E-state index in [-0.39, 0.29) is 16.5 Å². The first-order valence-corrected chi connectivity index (χ1v) is 9.34. The molecule has 8 heteroatoms. The number of benzene rings is 2. The van der Waals surface area contributed by atoms with Gasteiger partial charge in [0.05, 0.1) is 11.6 Å². The largest absolute Gasteiger partial charge is 0.384 e. The molecule has 0 unspecified atom stereocenters. The van der Waals surface area contributed by atoms with Crippen LogP contribution in [-0.4, -0.2) is 18.0 Å². The highest BCUT2D eigenvalue weighted by Gasteiger charge is 2.14. The van der Waals surface area contributed by atoms with Gasteiger partial charge >= 0.3 is 0 Å². The Labute approximate surface area is 156 Å². The van der Waals surface area contributed by atoms with Gasteiger partial charge < -0.3 is 11.1 Å². The van der Waals surface area contributed by atoms with Crippen molar-refractivity contribution in [3.05, 3.63) is 65.7 Å². The lowest BCUT2D eigenvalue weighted by atomic mass is 9.99. The zero-order valence-electron chi connectivity index (χ0n) is 14.3. The molecule has 27 heavy (non-hydrogen) atoms. The fraction of sp³-hybridized carbons (Fsp3) is 0.0526. The lowest BCUT2D eigenvalue weighted by Gasteiger charge is -2.13. The molecule has 0 aliphatic carbocycles. The molecular formula is C19H16N4O3S. The van der Waals surface area contributed by atoms with Crippen LogP contribution in [0.4, 0.5) is 17.3 Å². The smallest absolute Gasteiger partial charge is 0.294 e. The van der Waals surface area contributed by atoms with Gasteiger partial charge in [-0.3, -0.25) is 4.55 Å². The predicted molar refractivity (Wildman–Crippen MR) is 103 cm³/mol. The second-order valence-corrected chi connectivity index (χ2v) is 7.32. The molecule has 0 fully saturated rings. The van der Waals surface area contributed by atoms with Gasteiger partial charge in [0.15, 0.2) is 0 Å². The summed E-state index contributed by atoms with van der Waals surface area (Å²) in [7, 11) is -4.41. The number of nitrogens with zero attached hydrogens (tertiary/aromatic N) is 2. The maximum atomic E-state index is 11.4. The molecule has 1 heterocycles. The van der Waals surface area contributed by atoms with Crippen LogP contribution in [0.3, 0.4) is 0 Å². The van der Waals surface area contributed by atoms with E-state index >= 15 is 0 Å². The topological polar surface area (TPSA) is 129 Å². The summed E-state index contributed by atoms with van der Waals surface area (Å²) in [4.78, 5) is 3.73. The molecule has 0 atom stereocenters. The SMILES string of the molecule is Cc1cc(-c2ccccc2Nc2cc(S(=O)(=O)O)cc(N)n2)ccc1C#N. The average Bonchev–Trinajstić information content (AvgIpc) is 2.61. The number of para-hydroxylation sites is 1. The minimum Gasteiger partial charge on any atom is -0.384 e. The van der Waals surface area contributed by atoms with Crippen molar-refractivity contribution in [1.29, 1.82) is 5.26 Å². The first kappa shape index (κ1) is 18.4. The third-order valence-electron chi connectivity index (χ3n) is 3.96. The Kier molecular flexibility index (Phi) is 4.81. The van der Waals surface area contributed by atoms with Gasteiger partial charge in [-0.1, -0.05) is 30.3 Å². The normalized spacial score (nSPS) is 11.0. The number of hydrogen-bond donors (Lipinski definition) is 3. The number of nitrogens with two attached hydrogens (primary N) is 1. The highest BCUT2D eigenvalue weighted by atomic mass is 32.2. The third-order valence-corrected chi connectivity index (χ3v) is 4.80. The van der Waals surface area contributed by atoms with Crippen molar-refractivity contribution in [2.75, 3.05) is 11.1 Å². The summed E-state index contributed by atoms with van der Waals surface area (Å²) in [6.45, 7) is 1.86. The second-order valence-electron chi connectivity index (χ2n) is 5.90. The fourth-order valence-corrected chi connectivity index (χ4v) is 3.21. The van der Waals surface area contributed by atoms with Gasteiger partial charge in [0.2, 0.25) is 0 Å². The minimum absolute atomic E-state index is 0.0423. The zero-order chi connectivity index (χ0) is 19.6. The number of rotatable bonds is 4. The Morgan fingerprint density at radius 1 is 1.15 bits per heavy atom. The number of aryl methyl sites for hydroxylation is 1. The van der Waals surface area contributed by atoms with E-state index in [1.54, 1.807) is 12.1 Å². The van der Waals surface area contributed by atoms with E-state index in [1.165, 1.54) is 6.07 Å². The summed E-state index contributed by atoms with van der Waals surface area (Å²) in [5.41, 5.74) is 9.48. The quantitative estimate of drug-likeness (QED) is 0.591. The molecule has 0 saturated heterocycles. The second kappa shape index (κ2) is 7.07. The molecule has 0 aliphatic heterocycles. The van der Waals surface area contributed by atoms with Gasteiger partial charge in [0.1, 0.15) is 16.5 Å². The molecule has 7 nitrogen and oxygen atoms in total. The lowest BCUT2D eigenvalue weighted by Crippen LogP contribution is -2.04. The van der Waals surface area contributed by atoms with E-state index in [9.17, 15) is 13.0 Å². The van der Waals surface area contributed by atoms with Gasteiger partial charge in [-0.15, -0.1) is 0 Å². The Hall–Kier alpha value is -3.41. The molecule has 0 spiro atoms. The van der Waals surface area contributed by atoms with Gasteiger partial charge in [0, 0.05) is 23.4 Å². The molecule has 3 rings (SSSR count). The molecule has 0 amide bonds. The highest BCUT2D eigenvalue weighted by molar-refractivity contribution is 7.85. The monoisotopic (exact) mass is 380 g/mol. The van der Waals surface area contributed by atoms with E-state index < -0.39 is 10.1 Å². The van der Waals surface area contributed by atoms with Crippen molar-refractivity contribution in [2.24, 2.45) is 0 Å². The van der Waals surface area contributed by atoms with Crippen LogP contribution in [0.2, 0.25) is 0 Å². The number of nitrogen functional groups attached to an aromatic ring is 1. The Morgan fingerprint density at radius 2 is 1.89 bits per heavy atom. The third kappa shape index (κ3) is 4.06. The van der Waals surface area contributed by atoms with Crippen LogP contribution >= 0.6 is 0 Å². The number of anilines is 3. The van der Waals surface area contributed by atoms with Crippen LogP contribution in [0.25, 0.3) is 11.1 Å². The first-order valence-electron chi connectivity index (χ1n) is 7.90. The van der Waals surface area contributed by atoms with Crippen LogP contribution in [-0.2, 0) is 10.1 Å². The van der Waals surface area contributed by atoms with Gasteiger partial charge in [0.25, 0.3) is 10.1 Å². The van der Waals surface area contributed by atoms with Crippen LogP contribution in [0.15, 0.2) is 59.5 Å². The summed E-state index contributed by atoms with van der Waals surface area (Å²) >= 11 is 0. The average molecular weight is 380 g/mol. The van der Waals surface area contributed by atoms with Crippen molar-refractivity contribution < 1.29 is 13.0 Å². The van der Waals surface area contributed by atoms with Gasteiger partial charge in [-0.05, 0) is 30.2 Å². The predicted octanol–water partition coefficient (Wildman–Crippen LogP) is 3.50. The van der Waals surface area contributed by atoms with Crippen molar-refractivity contribution in [2.45, 2.75) is 11.8 Å². The molecular weight excluding hydrogens is 364 g/mol. The molecule has 1 aromatic heterocycles. The summed E-state index contributed by atoms with van der Waals surface area (Å²) < 4.78 is 32.0. The number of pyridine rings is 1. The van der Waals surface area contributed by atoms with E-state index in [2.05, 4.69) is 16.4 Å². The van der Waals surface area contributed by atoms with Crippen molar-refractivity contribution in [3.8, 4) is 17.2 Å². The molecule has 0 aliphatic rings. The molecule has 0 radical (unpaired) electrons. The number of aromatic nitrogens is 1. The van der Waals surface area contributed by atoms with E-state index in [4.69, 9.17) is 11.0 Å². The van der Waals surface area contributed by atoms with E-state index in [0.717, 1.165) is 22.8 Å². The summed E-state index contributed by atoms with van der Waals surface area (Å²) in [6, 6.07) is 17.3. The standard InChI is InChI=1S/C19H16N4O3S/c1-12-8-13(6-7-14(12)11-20)16-4-2-3-5-17(16)22-19-10-15(27(24,25)26)9-18(21)23-19/h2-10H,1H3,(H3,21,22,23)(H,24,25,26). The van der Waals surface area contributed by atoms with Crippen molar-refractivity contribution in [3.63, 3.8) is 0 Å². The van der Waals surface area contributed by atoms with Gasteiger partial charge in [-0.2, -0.15) is 13.7 Å². The fourth-order valence-electron chi connectivity index (χ4n) is 2.68. The maximum absolute atomic E-state index is 11.4. The zero-order valence-corrected chi connectivity index (χ0v) is 15.2.